The summed E-state index contributed by atoms with van der Waals surface area (Å²) in [5, 5.41) is 4.42. The van der Waals surface area contributed by atoms with Crippen LogP contribution in [0.5, 0.6) is 0 Å². The highest BCUT2D eigenvalue weighted by molar-refractivity contribution is 8.00. The summed E-state index contributed by atoms with van der Waals surface area (Å²) in [5.74, 6) is 1.28. The van der Waals surface area contributed by atoms with Crippen molar-refractivity contribution in [3.8, 4) is 11.5 Å². The Balaban J connectivity index is 1.77. The molecule has 1 fully saturated rings. The highest BCUT2D eigenvalue weighted by atomic mass is 32.2. The summed E-state index contributed by atoms with van der Waals surface area (Å²) in [6.07, 6.45) is 0. The van der Waals surface area contributed by atoms with Gasteiger partial charge in [0.05, 0.1) is 13.7 Å². The van der Waals surface area contributed by atoms with Gasteiger partial charge in [-0.05, 0) is 38.2 Å². The number of hydrogen-bond acceptors (Lipinski definition) is 6. The minimum absolute atomic E-state index is 0.131. The first kappa shape index (κ1) is 18.2. The van der Waals surface area contributed by atoms with Gasteiger partial charge < -0.3 is 14.1 Å². The molecule has 1 unspecified atom stereocenters. The maximum atomic E-state index is 11.8. The van der Waals surface area contributed by atoms with E-state index < -0.39 is 0 Å². The molecule has 0 aliphatic carbocycles. The number of esters is 1. The average Bonchev–Trinajstić information content (AvgIpc) is 2.94. The Morgan fingerprint density at radius 1 is 1.44 bits per heavy atom. The maximum absolute atomic E-state index is 11.8. The fourth-order valence-corrected chi connectivity index (χ4v) is 4.49. The Morgan fingerprint density at radius 3 is 2.84 bits per heavy atom. The molecule has 0 bridgehead atoms. The molecule has 2 aromatic rings. The number of thioether (sulfide) groups is 1. The highest BCUT2D eigenvalue weighted by Crippen LogP contribution is 2.21. The number of aryl methyl sites for hydroxylation is 2. The van der Waals surface area contributed by atoms with Crippen LogP contribution in [0.25, 0.3) is 11.5 Å². The lowest BCUT2D eigenvalue weighted by Crippen LogP contribution is -3.14. The second-order valence-electron chi connectivity index (χ2n) is 6.29. The van der Waals surface area contributed by atoms with Crippen LogP contribution in [0.15, 0.2) is 22.6 Å². The van der Waals surface area contributed by atoms with Crippen molar-refractivity contribution >= 4 is 29.9 Å². The molecule has 134 valence electrons. The molecular weight excluding hydrogens is 358 g/mol. The molecule has 2 atom stereocenters. The van der Waals surface area contributed by atoms with Crippen LogP contribution in [-0.2, 0) is 16.2 Å². The molecule has 0 spiro atoms. The second-order valence-corrected chi connectivity index (χ2v) is 7.95. The summed E-state index contributed by atoms with van der Waals surface area (Å²) in [5.41, 5.74) is 3.24. The van der Waals surface area contributed by atoms with E-state index in [1.807, 2.05) is 26.0 Å². The van der Waals surface area contributed by atoms with Crippen LogP contribution >= 0.6 is 24.0 Å². The van der Waals surface area contributed by atoms with Crippen LogP contribution in [0.3, 0.4) is 0 Å². The number of aromatic nitrogens is 2. The third kappa shape index (κ3) is 4.31. The number of benzene rings is 1. The van der Waals surface area contributed by atoms with Gasteiger partial charge in [0, 0.05) is 11.3 Å². The molecule has 1 aromatic carbocycles. The number of carbonyl (C=O) groups excluding carboxylic acids is 1. The van der Waals surface area contributed by atoms with E-state index in [0.29, 0.717) is 23.9 Å². The number of nitrogens with zero attached hydrogens (tertiary/aromatic N) is 2. The van der Waals surface area contributed by atoms with Gasteiger partial charge >= 0.3 is 5.97 Å². The summed E-state index contributed by atoms with van der Waals surface area (Å²) < 4.78 is 12.3. The topological polar surface area (TPSA) is 61.7 Å². The lowest BCUT2D eigenvalue weighted by molar-refractivity contribution is -0.921. The second kappa shape index (κ2) is 7.72. The average molecular weight is 381 g/mol. The minimum Gasteiger partial charge on any atom is -0.468 e. The number of methoxy groups -OCH3 is 1. The molecular formula is C17H22N3O3S2+. The SMILES string of the molecule is COC(=O)[C@@H]1C[NH+](Cn2nc(-c3cc(C)cc(C)c3)oc2=S)CCS1. The van der Waals surface area contributed by atoms with Crippen molar-refractivity contribution in [3.05, 3.63) is 34.2 Å². The molecule has 0 saturated carbocycles. The van der Waals surface area contributed by atoms with Crippen LogP contribution in [0.1, 0.15) is 11.1 Å². The lowest BCUT2D eigenvalue weighted by Gasteiger charge is -2.27. The summed E-state index contributed by atoms with van der Waals surface area (Å²) in [7, 11) is 1.43. The van der Waals surface area contributed by atoms with Crippen molar-refractivity contribution in [3.63, 3.8) is 0 Å². The molecule has 6 nitrogen and oxygen atoms in total. The van der Waals surface area contributed by atoms with Crippen LogP contribution in [0, 0.1) is 18.7 Å². The van der Waals surface area contributed by atoms with Gasteiger partial charge in [0.1, 0.15) is 6.54 Å². The first-order chi connectivity index (χ1) is 12.0. The van der Waals surface area contributed by atoms with Crippen molar-refractivity contribution in [2.24, 2.45) is 0 Å². The molecule has 8 heteroatoms. The van der Waals surface area contributed by atoms with Gasteiger partial charge in [-0.1, -0.05) is 17.2 Å². The first-order valence-electron chi connectivity index (χ1n) is 8.16. The summed E-state index contributed by atoms with van der Waals surface area (Å²) in [6, 6.07) is 6.18. The lowest BCUT2D eigenvalue weighted by atomic mass is 10.1. The van der Waals surface area contributed by atoms with E-state index in [4.69, 9.17) is 21.4 Å². The number of carbonyl (C=O) groups is 1. The summed E-state index contributed by atoms with van der Waals surface area (Å²) in [4.78, 5) is 13.4. The zero-order valence-corrected chi connectivity index (χ0v) is 16.2. The van der Waals surface area contributed by atoms with E-state index in [9.17, 15) is 4.79 Å². The third-order valence-corrected chi connectivity index (χ3v) is 5.66. The summed E-state index contributed by atoms with van der Waals surface area (Å²) >= 11 is 6.98. The number of quaternary nitrogens is 1. The molecule has 0 radical (unpaired) electrons. The Kier molecular flexibility index (Phi) is 5.61. The molecule has 1 aliphatic rings. The number of ether oxygens (including phenoxy) is 1. The quantitative estimate of drug-likeness (QED) is 0.643. The van der Waals surface area contributed by atoms with Gasteiger partial charge in [-0.2, -0.15) is 4.68 Å². The predicted molar refractivity (Wildman–Crippen MR) is 99.2 cm³/mol. The maximum Gasteiger partial charge on any atom is 0.324 e. The third-order valence-electron chi connectivity index (χ3n) is 4.16. The molecule has 2 heterocycles. The largest absolute Gasteiger partial charge is 0.468 e. The number of rotatable bonds is 4. The van der Waals surface area contributed by atoms with Gasteiger partial charge in [0.25, 0.3) is 4.84 Å². The fraction of sp³-hybridized carbons (Fsp3) is 0.471. The molecule has 25 heavy (non-hydrogen) atoms. The Hall–Kier alpha value is -1.64. The molecule has 1 N–H and O–H groups in total. The van der Waals surface area contributed by atoms with Crippen LogP contribution in [0.2, 0.25) is 0 Å². The van der Waals surface area contributed by atoms with E-state index >= 15 is 0 Å². The van der Waals surface area contributed by atoms with Crippen LogP contribution in [0.4, 0.5) is 0 Å². The molecule has 3 rings (SSSR count). The Labute approximate surface area is 156 Å². The smallest absolute Gasteiger partial charge is 0.324 e. The van der Waals surface area contributed by atoms with Crippen molar-refractivity contribution in [1.82, 2.24) is 9.78 Å². The molecule has 1 saturated heterocycles. The van der Waals surface area contributed by atoms with Crippen molar-refractivity contribution in [2.45, 2.75) is 25.8 Å². The minimum atomic E-state index is -0.165. The monoisotopic (exact) mass is 380 g/mol. The van der Waals surface area contributed by atoms with Crippen molar-refractivity contribution in [1.29, 1.82) is 0 Å². The van der Waals surface area contributed by atoms with E-state index in [1.54, 1.807) is 16.4 Å². The van der Waals surface area contributed by atoms with Crippen LogP contribution in [-0.4, -0.2) is 47.0 Å². The van der Waals surface area contributed by atoms with Crippen LogP contribution < -0.4 is 4.90 Å². The van der Waals surface area contributed by atoms with E-state index in [-0.39, 0.29) is 11.2 Å². The van der Waals surface area contributed by atoms with Gasteiger partial charge in [-0.3, -0.25) is 4.79 Å². The fourth-order valence-electron chi connectivity index (χ4n) is 3.03. The summed E-state index contributed by atoms with van der Waals surface area (Å²) in [6.45, 7) is 6.33. The first-order valence-corrected chi connectivity index (χ1v) is 9.61. The highest BCUT2D eigenvalue weighted by Gasteiger charge is 2.30. The number of nitrogens with one attached hydrogen (secondary N) is 1. The zero-order valence-electron chi connectivity index (χ0n) is 14.6. The van der Waals surface area contributed by atoms with Gasteiger partial charge in [0.2, 0.25) is 5.89 Å². The molecule has 0 amide bonds. The van der Waals surface area contributed by atoms with Crippen molar-refractivity contribution < 1.29 is 18.8 Å². The van der Waals surface area contributed by atoms with Crippen molar-refractivity contribution in [2.75, 3.05) is 26.0 Å². The molecule has 1 aromatic heterocycles. The number of hydrogen-bond donors (Lipinski definition) is 1. The Bertz CT molecular complexity index is 811. The van der Waals surface area contributed by atoms with E-state index in [0.717, 1.165) is 29.0 Å². The van der Waals surface area contributed by atoms with Gasteiger partial charge in [0.15, 0.2) is 11.9 Å². The Morgan fingerprint density at radius 2 is 2.16 bits per heavy atom. The molecule has 1 aliphatic heterocycles. The normalized spacial score (nSPS) is 20.4. The van der Waals surface area contributed by atoms with Gasteiger partial charge in [-0.25, -0.2) is 0 Å². The zero-order chi connectivity index (χ0) is 18.0. The van der Waals surface area contributed by atoms with E-state index in [2.05, 4.69) is 11.2 Å². The standard InChI is InChI=1S/C17H21N3O3S2/c1-11-6-12(2)8-13(7-11)15-18-20(17(24)23-15)10-19-4-5-25-14(9-19)16(21)22-3/h6-8,14H,4-5,9-10H2,1-3H3/p+1/t14-/m0/s1. The predicted octanol–water partition coefficient (Wildman–Crippen LogP) is 1.62. The van der Waals surface area contributed by atoms with E-state index in [1.165, 1.54) is 12.0 Å². The van der Waals surface area contributed by atoms with Gasteiger partial charge in [-0.15, -0.1) is 16.9 Å².